The molecule has 1 aromatic heterocycles. The van der Waals surface area contributed by atoms with Crippen LogP contribution in [0.2, 0.25) is 0 Å². The lowest BCUT2D eigenvalue weighted by Crippen LogP contribution is -2.14. The first-order valence-corrected chi connectivity index (χ1v) is 9.24. The fourth-order valence-electron chi connectivity index (χ4n) is 3.16. The number of fused-ring (bicyclic) bond motifs is 1. The number of pyridine rings is 1. The number of hydrogen-bond acceptors (Lipinski definition) is 7. The van der Waals surface area contributed by atoms with Crippen molar-refractivity contribution in [1.82, 2.24) is 4.98 Å². The molecule has 0 saturated carbocycles. The molecule has 0 spiro atoms. The lowest BCUT2D eigenvalue weighted by atomic mass is 9.90. The maximum Gasteiger partial charge on any atom is 0.339 e. The van der Waals surface area contributed by atoms with Gasteiger partial charge in [-0.25, -0.2) is 9.59 Å². The summed E-state index contributed by atoms with van der Waals surface area (Å²) in [6.45, 7) is 0. The number of carbonyl (C=O) groups is 2. The van der Waals surface area contributed by atoms with Crippen molar-refractivity contribution < 1.29 is 28.5 Å². The van der Waals surface area contributed by atoms with E-state index in [0.29, 0.717) is 37.9 Å². The minimum absolute atomic E-state index is 0.0778. The summed E-state index contributed by atoms with van der Waals surface area (Å²) < 4.78 is 21.4. The lowest BCUT2D eigenvalue weighted by Gasteiger charge is -2.18. The van der Waals surface area contributed by atoms with E-state index in [9.17, 15) is 9.59 Å². The molecule has 0 amide bonds. The van der Waals surface area contributed by atoms with Gasteiger partial charge in [0, 0.05) is 28.0 Å². The molecule has 29 heavy (non-hydrogen) atoms. The third-order valence-corrected chi connectivity index (χ3v) is 4.87. The number of hydrogen-bond donors (Lipinski definition) is 0. The molecular formula is C21H18BrNO6. The predicted octanol–water partition coefficient (Wildman–Crippen LogP) is 4.25. The molecule has 0 aliphatic heterocycles. The highest BCUT2D eigenvalue weighted by Crippen LogP contribution is 2.41. The van der Waals surface area contributed by atoms with E-state index in [-0.39, 0.29) is 11.1 Å². The third kappa shape index (κ3) is 3.75. The molecule has 3 rings (SSSR count). The van der Waals surface area contributed by atoms with Crippen molar-refractivity contribution >= 4 is 38.6 Å². The number of nitrogens with zero attached hydrogens (tertiary/aromatic N) is 1. The molecule has 150 valence electrons. The Morgan fingerprint density at radius 3 is 2.10 bits per heavy atom. The van der Waals surface area contributed by atoms with Gasteiger partial charge in [-0.2, -0.15) is 0 Å². The SMILES string of the molecule is COC(=O)c1cc2cc(OC)c(OC)cc2c(-c2cncc(Br)c2)c1C(=O)OC. The number of carbonyl (C=O) groups excluding carboxylic acids is 2. The van der Waals surface area contributed by atoms with Crippen molar-refractivity contribution in [3.63, 3.8) is 0 Å². The number of rotatable bonds is 5. The molecule has 0 aliphatic carbocycles. The molecule has 7 nitrogen and oxygen atoms in total. The molecule has 1 heterocycles. The van der Waals surface area contributed by atoms with Crippen LogP contribution in [0.15, 0.2) is 41.1 Å². The van der Waals surface area contributed by atoms with Gasteiger partial charge < -0.3 is 18.9 Å². The monoisotopic (exact) mass is 459 g/mol. The topological polar surface area (TPSA) is 84.0 Å². The first-order chi connectivity index (χ1) is 13.9. The number of aromatic nitrogens is 1. The van der Waals surface area contributed by atoms with Crippen LogP contribution in [0.4, 0.5) is 0 Å². The van der Waals surface area contributed by atoms with Crippen molar-refractivity contribution in [2.75, 3.05) is 28.4 Å². The smallest absolute Gasteiger partial charge is 0.339 e. The van der Waals surface area contributed by atoms with E-state index < -0.39 is 11.9 Å². The Bertz CT molecular complexity index is 1110. The highest BCUT2D eigenvalue weighted by atomic mass is 79.9. The molecular weight excluding hydrogens is 442 g/mol. The number of esters is 2. The quantitative estimate of drug-likeness (QED) is 0.527. The molecule has 0 atom stereocenters. The fourth-order valence-corrected chi connectivity index (χ4v) is 3.53. The average Bonchev–Trinajstić information content (AvgIpc) is 2.75. The molecule has 3 aromatic rings. The highest BCUT2D eigenvalue weighted by Gasteiger charge is 2.27. The first kappa shape index (κ1) is 20.6. The van der Waals surface area contributed by atoms with Crippen LogP contribution in [0.1, 0.15) is 20.7 Å². The number of ether oxygens (including phenoxy) is 4. The standard InChI is InChI=1S/C21H18BrNO6/c1-26-16-7-11-6-15(20(24)28-3)19(21(25)29-4)18(14(11)8-17(16)27-2)12-5-13(22)10-23-9-12/h5-10H,1-4H3. The van der Waals surface area contributed by atoms with Crippen LogP contribution in [0.3, 0.4) is 0 Å². The molecule has 0 N–H and O–H groups in total. The van der Waals surface area contributed by atoms with Crippen molar-refractivity contribution in [3.05, 3.63) is 52.3 Å². The fraction of sp³-hybridized carbons (Fsp3) is 0.190. The van der Waals surface area contributed by atoms with Gasteiger partial charge in [0.1, 0.15) is 0 Å². The number of halogens is 1. The van der Waals surface area contributed by atoms with E-state index in [4.69, 9.17) is 18.9 Å². The van der Waals surface area contributed by atoms with Crippen LogP contribution in [0.5, 0.6) is 11.5 Å². The second-order valence-corrected chi connectivity index (χ2v) is 6.89. The Labute approximate surface area is 175 Å². The second kappa shape index (κ2) is 8.48. The summed E-state index contributed by atoms with van der Waals surface area (Å²) in [7, 11) is 5.55. The van der Waals surface area contributed by atoms with Crippen molar-refractivity contribution in [3.8, 4) is 22.6 Å². The molecule has 0 unspecified atom stereocenters. The van der Waals surface area contributed by atoms with Gasteiger partial charge in [0.15, 0.2) is 11.5 Å². The first-order valence-electron chi connectivity index (χ1n) is 8.45. The average molecular weight is 460 g/mol. The highest BCUT2D eigenvalue weighted by molar-refractivity contribution is 9.10. The largest absolute Gasteiger partial charge is 0.493 e. The summed E-state index contributed by atoms with van der Waals surface area (Å²) in [5.41, 5.74) is 1.25. The van der Waals surface area contributed by atoms with Gasteiger partial charge >= 0.3 is 11.9 Å². The van der Waals surface area contributed by atoms with Gasteiger partial charge in [0.05, 0.1) is 39.6 Å². The summed E-state index contributed by atoms with van der Waals surface area (Å²) >= 11 is 3.40. The summed E-state index contributed by atoms with van der Waals surface area (Å²) in [5, 5.41) is 1.32. The summed E-state index contributed by atoms with van der Waals surface area (Å²) in [5.74, 6) is -0.367. The number of benzene rings is 2. The Morgan fingerprint density at radius 1 is 0.862 bits per heavy atom. The lowest BCUT2D eigenvalue weighted by molar-refractivity contribution is 0.0556. The van der Waals surface area contributed by atoms with E-state index in [1.807, 2.05) is 0 Å². The molecule has 0 saturated heterocycles. The Kier molecular flexibility index (Phi) is 6.03. The predicted molar refractivity (Wildman–Crippen MR) is 111 cm³/mol. The Hall–Kier alpha value is -3.13. The molecule has 0 aliphatic rings. The van der Waals surface area contributed by atoms with Gasteiger partial charge in [-0.15, -0.1) is 0 Å². The Balaban J connectivity index is 2.55. The van der Waals surface area contributed by atoms with Gasteiger partial charge in [-0.3, -0.25) is 4.98 Å². The van der Waals surface area contributed by atoms with Gasteiger partial charge in [0.2, 0.25) is 0 Å². The van der Waals surface area contributed by atoms with Gasteiger partial charge in [-0.05, 0) is 51.0 Å². The van der Waals surface area contributed by atoms with Crippen LogP contribution in [-0.2, 0) is 9.47 Å². The van der Waals surface area contributed by atoms with E-state index in [1.165, 1.54) is 28.4 Å². The Morgan fingerprint density at radius 2 is 1.52 bits per heavy atom. The van der Waals surface area contributed by atoms with E-state index in [2.05, 4.69) is 20.9 Å². The van der Waals surface area contributed by atoms with E-state index >= 15 is 0 Å². The second-order valence-electron chi connectivity index (χ2n) is 5.98. The zero-order valence-corrected chi connectivity index (χ0v) is 17.8. The number of methoxy groups -OCH3 is 4. The maximum atomic E-state index is 12.7. The molecule has 8 heteroatoms. The molecule has 0 fully saturated rings. The minimum Gasteiger partial charge on any atom is -0.493 e. The van der Waals surface area contributed by atoms with Crippen molar-refractivity contribution in [2.45, 2.75) is 0 Å². The van der Waals surface area contributed by atoms with Crippen LogP contribution >= 0.6 is 15.9 Å². The zero-order chi connectivity index (χ0) is 21.1. The van der Waals surface area contributed by atoms with Crippen LogP contribution < -0.4 is 9.47 Å². The van der Waals surface area contributed by atoms with E-state index in [0.717, 1.165) is 0 Å². The molecule has 0 radical (unpaired) electrons. The normalized spacial score (nSPS) is 10.5. The molecule has 0 bridgehead atoms. The van der Waals surface area contributed by atoms with Crippen LogP contribution in [0.25, 0.3) is 21.9 Å². The minimum atomic E-state index is -0.669. The summed E-state index contributed by atoms with van der Waals surface area (Å²) in [4.78, 5) is 29.4. The van der Waals surface area contributed by atoms with Crippen LogP contribution in [0, 0.1) is 0 Å². The van der Waals surface area contributed by atoms with E-state index in [1.54, 1.807) is 36.7 Å². The summed E-state index contributed by atoms with van der Waals surface area (Å²) in [6, 6.07) is 6.85. The van der Waals surface area contributed by atoms with Gasteiger partial charge in [0.25, 0.3) is 0 Å². The van der Waals surface area contributed by atoms with Crippen molar-refractivity contribution in [2.24, 2.45) is 0 Å². The summed E-state index contributed by atoms with van der Waals surface area (Å²) in [6.07, 6.45) is 3.22. The molecule has 2 aromatic carbocycles. The third-order valence-electron chi connectivity index (χ3n) is 4.43. The van der Waals surface area contributed by atoms with Gasteiger partial charge in [-0.1, -0.05) is 0 Å². The maximum absolute atomic E-state index is 12.7. The van der Waals surface area contributed by atoms with Crippen LogP contribution in [-0.4, -0.2) is 45.4 Å². The zero-order valence-electron chi connectivity index (χ0n) is 16.2. The van der Waals surface area contributed by atoms with Crippen molar-refractivity contribution in [1.29, 1.82) is 0 Å².